The molecule has 3 heterocycles. The molecule has 1 aliphatic rings. The zero-order valence-electron chi connectivity index (χ0n) is 11.4. The number of aromatic nitrogens is 2. The third-order valence-corrected chi connectivity index (χ3v) is 4.07. The van der Waals surface area contributed by atoms with Crippen LogP contribution in [0.15, 0.2) is 42.2 Å². The topological polar surface area (TPSA) is 55.3 Å². The van der Waals surface area contributed by atoms with E-state index in [9.17, 15) is 4.79 Å². The first-order valence-corrected chi connectivity index (χ1v) is 7.62. The maximum absolute atomic E-state index is 12.1. The molecule has 0 unspecified atom stereocenters. The zero-order valence-corrected chi connectivity index (χ0v) is 12.2. The highest BCUT2D eigenvalue weighted by Crippen LogP contribution is 2.17. The smallest absolute Gasteiger partial charge is 0.246 e. The van der Waals surface area contributed by atoms with Gasteiger partial charge >= 0.3 is 0 Å². The van der Waals surface area contributed by atoms with Crippen LogP contribution in [0.25, 0.3) is 6.08 Å². The van der Waals surface area contributed by atoms with Gasteiger partial charge in [0.1, 0.15) is 12.4 Å². The predicted molar refractivity (Wildman–Crippen MR) is 81.0 cm³/mol. The molecule has 1 atom stereocenters. The molecule has 2 aromatic rings. The van der Waals surface area contributed by atoms with Crippen LogP contribution in [0.2, 0.25) is 0 Å². The second-order valence-corrected chi connectivity index (χ2v) is 5.69. The Morgan fingerprint density at radius 2 is 2.43 bits per heavy atom. The lowest BCUT2D eigenvalue weighted by Crippen LogP contribution is -2.29. The molecule has 21 heavy (non-hydrogen) atoms. The fourth-order valence-electron chi connectivity index (χ4n) is 2.19. The van der Waals surface area contributed by atoms with Crippen LogP contribution >= 0.6 is 11.3 Å². The molecular weight excluding hydrogens is 286 g/mol. The molecule has 108 valence electrons. The van der Waals surface area contributed by atoms with Crippen LogP contribution < -0.4 is 4.74 Å². The molecule has 0 aliphatic carbocycles. The molecule has 0 N–H and O–H groups in total. The molecule has 2 aromatic heterocycles. The summed E-state index contributed by atoms with van der Waals surface area (Å²) in [7, 11) is 0. The lowest BCUT2D eigenvalue weighted by Gasteiger charge is -2.15. The molecule has 0 aromatic carbocycles. The third kappa shape index (κ3) is 3.66. The van der Waals surface area contributed by atoms with Gasteiger partial charge in [-0.25, -0.2) is 9.97 Å². The summed E-state index contributed by atoms with van der Waals surface area (Å²) in [6.07, 6.45) is 7.40. The Labute approximate surface area is 126 Å². The molecule has 0 spiro atoms. The van der Waals surface area contributed by atoms with E-state index in [-0.39, 0.29) is 12.0 Å². The quantitative estimate of drug-likeness (QED) is 0.813. The number of ether oxygens (including phenoxy) is 1. The van der Waals surface area contributed by atoms with Crippen molar-refractivity contribution < 1.29 is 9.53 Å². The monoisotopic (exact) mass is 301 g/mol. The van der Waals surface area contributed by atoms with Gasteiger partial charge in [0.05, 0.1) is 6.54 Å². The Bertz CT molecular complexity index is 613. The van der Waals surface area contributed by atoms with Gasteiger partial charge in [0.2, 0.25) is 11.8 Å². The lowest BCUT2D eigenvalue weighted by molar-refractivity contribution is -0.125. The molecule has 3 rings (SSSR count). The Morgan fingerprint density at radius 3 is 3.19 bits per heavy atom. The maximum Gasteiger partial charge on any atom is 0.246 e. The van der Waals surface area contributed by atoms with E-state index in [0.29, 0.717) is 19.0 Å². The van der Waals surface area contributed by atoms with Gasteiger partial charge in [-0.1, -0.05) is 6.07 Å². The molecular formula is C15H15N3O2S. The summed E-state index contributed by atoms with van der Waals surface area (Å²) in [6.45, 7) is 1.31. The Kier molecular flexibility index (Phi) is 4.25. The van der Waals surface area contributed by atoms with Gasteiger partial charge in [-0.15, -0.1) is 11.3 Å². The molecule has 1 fully saturated rings. The van der Waals surface area contributed by atoms with E-state index >= 15 is 0 Å². The van der Waals surface area contributed by atoms with Crippen LogP contribution in [0.4, 0.5) is 0 Å². The Morgan fingerprint density at radius 1 is 1.48 bits per heavy atom. The summed E-state index contributed by atoms with van der Waals surface area (Å²) < 4.78 is 5.74. The molecule has 6 heteroatoms. The van der Waals surface area contributed by atoms with Crippen LogP contribution in [-0.4, -0.2) is 40.0 Å². The van der Waals surface area contributed by atoms with E-state index < -0.39 is 0 Å². The van der Waals surface area contributed by atoms with Crippen molar-refractivity contribution in [3.8, 4) is 5.88 Å². The first-order valence-electron chi connectivity index (χ1n) is 6.74. The van der Waals surface area contributed by atoms with Gasteiger partial charge in [-0.2, -0.15) is 0 Å². The summed E-state index contributed by atoms with van der Waals surface area (Å²) in [5.41, 5.74) is 0. The molecule has 1 aliphatic heterocycles. The number of carbonyl (C=O) groups excluding carboxylic acids is 1. The van der Waals surface area contributed by atoms with Gasteiger partial charge in [-0.05, 0) is 17.5 Å². The van der Waals surface area contributed by atoms with E-state index in [2.05, 4.69) is 9.97 Å². The summed E-state index contributed by atoms with van der Waals surface area (Å²) >= 11 is 1.61. The number of rotatable bonds is 4. The van der Waals surface area contributed by atoms with Crippen LogP contribution in [0, 0.1) is 0 Å². The van der Waals surface area contributed by atoms with Crippen molar-refractivity contribution in [3.05, 3.63) is 47.1 Å². The first-order chi connectivity index (χ1) is 10.3. The fraction of sp³-hybridized carbons (Fsp3) is 0.267. The van der Waals surface area contributed by atoms with Gasteiger partial charge in [0.25, 0.3) is 0 Å². The van der Waals surface area contributed by atoms with Crippen LogP contribution in [0.3, 0.4) is 0 Å². The Balaban J connectivity index is 1.53. The van der Waals surface area contributed by atoms with Crippen LogP contribution in [0.1, 0.15) is 11.3 Å². The number of amides is 1. The van der Waals surface area contributed by atoms with Crippen molar-refractivity contribution in [2.75, 3.05) is 13.1 Å². The fourth-order valence-corrected chi connectivity index (χ4v) is 2.81. The predicted octanol–water partition coefficient (Wildman–Crippen LogP) is 2.23. The van der Waals surface area contributed by atoms with Crippen LogP contribution in [0.5, 0.6) is 5.88 Å². The highest BCUT2D eigenvalue weighted by molar-refractivity contribution is 7.10. The molecule has 5 nitrogen and oxygen atoms in total. The van der Waals surface area contributed by atoms with Gasteiger partial charge in [-0.3, -0.25) is 4.79 Å². The second-order valence-electron chi connectivity index (χ2n) is 4.71. The first kappa shape index (κ1) is 13.8. The molecule has 0 saturated carbocycles. The average molecular weight is 301 g/mol. The number of thiophene rings is 1. The third-order valence-electron chi connectivity index (χ3n) is 3.23. The highest BCUT2D eigenvalue weighted by atomic mass is 32.1. The highest BCUT2D eigenvalue weighted by Gasteiger charge is 2.26. The van der Waals surface area contributed by atoms with E-state index in [0.717, 1.165) is 11.3 Å². The average Bonchev–Trinajstić information content (AvgIpc) is 3.17. The minimum Gasteiger partial charge on any atom is -0.472 e. The number of hydrogen-bond donors (Lipinski definition) is 0. The standard InChI is InChI=1S/C15H15N3O2S/c19-15(4-3-13-2-1-9-21-13)18-8-6-12(10-18)20-14-5-7-16-11-17-14/h1-5,7,9,11-12H,6,8,10H2/b4-3+/t12-/m0/s1. The summed E-state index contributed by atoms with van der Waals surface area (Å²) in [6, 6.07) is 5.68. The van der Waals surface area contributed by atoms with E-state index in [1.807, 2.05) is 23.6 Å². The molecule has 1 saturated heterocycles. The van der Waals surface area contributed by atoms with E-state index in [1.165, 1.54) is 6.33 Å². The van der Waals surface area contributed by atoms with Gasteiger partial charge in [0.15, 0.2) is 0 Å². The molecule has 0 radical (unpaired) electrons. The van der Waals surface area contributed by atoms with E-state index in [4.69, 9.17) is 4.74 Å². The van der Waals surface area contributed by atoms with Crippen molar-refractivity contribution >= 4 is 23.3 Å². The largest absolute Gasteiger partial charge is 0.472 e. The van der Waals surface area contributed by atoms with Crippen molar-refractivity contribution in [2.45, 2.75) is 12.5 Å². The van der Waals surface area contributed by atoms with Gasteiger partial charge in [0, 0.05) is 36.2 Å². The zero-order chi connectivity index (χ0) is 14.5. The van der Waals surface area contributed by atoms with Gasteiger partial charge < -0.3 is 9.64 Å². The summed E-state index contributed by atoms with van der Waals surface area (Å²) in [4.78, 5) is 22.9. The minimum absolute atomic E-state index is 0.000937. The maximum atomic E-state index is 12.1. The minimum atomic E-state index is -0.000937. The number of likely N-dealkylation sites (tertiary alicyclic amines) is 1. The molecule has 0 bridgehead atoms. The second kappa shape index (κ2) is 6.49. The summed E-state index contributed by atoms with van der Waals surface area (Å²) in [5, 5.41) is 1.99. The van der Waals surface area contributed by atoms with Crippen LogP contribution in [-0.2, 0) is 4.79 Å². The van der Waals surface area contributed by atoms with Crippen molar-refractivity contribution in [1.29, 1.82) is 0 Å². The number of nitrogens with zero attached hydrogens (tertiary/aromatic N) is 3. The molecule has 1 amide bonds. The van der Waals surface area contributed by atoms with Crippen molar-refractivity contribution in [1.82, 2.24) is 14.9 Å². The summed E-state index contributed by atoms with van der Waals surface area (Å²) in [5.74, 6) is 0.579. The SMILES string of the molecule is O=C(/C=C/c1cccs1)N1CC[C@H](Oc2ccncn2)C1. The van der Waals surface area contributed by atoms with Crippen molar-refractivity contribution in [3.63, 3.8) is 0 Å². The van der Waals surface area contributed by atoms with Crippen molar-refractivity contribution in [2.24, 2.45) is 0 Å². The number of hydrogen-bond acceptors (Lipinski definition) is 5. The normalized spacial score (nSPS) is 18.3. The Hall–Kier alpha value is -2.21. The number of carbonyl (C=O) groups is 1. The van der Waals surface area contributed by atoms with E-state index in [1.54, 1.807) is 34.6 Å². The lowest BCUT2D eigenvalue weighted by atomic mass is 10.3.